The van der Waals surface area contributed by atoms with Gasteiger partial charge in [-0.2, -0.15) is 0 Å². The first-order valence-corrected chi connectivity index (χ1v) is 4.37. The average Bonchev–Trinajstić information content (AvgIpc) is 1.99. The van der Waals surface area contributed by atoms with Crippen LogP contribution in [0.15, 0.2) is 12.1 Å². The van der Waals surface area contributed by atoms with Crippen molar-refractivity contribution in [2.24, 2.45) is 0 Å². The van der Waals surface area contributed by atoms with E-state index in [0.29, 0.717) is 0 Å². The SMILES string of the molecule is CC(C)(C)c1c(F)cc([N+](=O)[O-])cc1F. The lowest BCUT2D eigenvalue weighted by molar-refractivity contribution is -0.385. The van der Waals surface area contributed by atoms with Crippen LogP contribution in [0.2, 0.25) is 0 Å². The van der Waals surface area contributed by atoms with Gasteiger partial charge in [0.05, 0.1) is 17.1 Å². The average molecular weight is 215 g/mol. The van der Waals surface area contributed by atoms with Crippen LogP contribution >= 0.6 is 0 Å². The summed E-state index contributed by atoms with van der Waals surface area (Å²) in [7, 11) is 0. The molecule has 0 N–H and O–H groups in total. The van der Waals surface area contributed by atoms with E-state index in [1.807, 2.05) is 0 Å². The van der Waals surface area contributed by atoms with Gasteiger partial charge >= 0.3 is 0 Å². The van der Waals surface area contributed by atoms with E-state index in [9.17, 15) is 18.9 Å². The molecule has 0 aromatic heterocycles. The zero-order valence-corrected chi connectivity index (χ0v) is 8.67. The summed E-state index contributed by atoms with van der Waals surface area (Å²) in [6.07, 6.45) is 0. The molecule has 1 aromatic carbocycles. The molecule has 5 heteroatoms. The molecule has 0 aliphatic carbocycles. The Balaban J connectivity index is 3.41. The van der Waals surface area contributed by atoms with Crippen molar-refractivity contribution >= 4 is 5.69 Å². The van der Waals surface area contributed by atoms with Crippen LogP contribution in [0, 0.1) is 21.7 Å². The Morgan fingerprint density at radius 1 is 1.20 bits per heavy atom. The third kappa shape index (κ3) is 2.29. The van der Waals surface area contributed by atoms with Gasteiger partial charge < -0.3 is 0 Å². The predicted molar refractivity (Wildman–Crippen MR) is 51.7 cm³/mol. The highest BCUT2D eigenvalue weighted by atomic mass is 19.1. The summed E-state index contributed by atoms with van der Waals surface area (Å²) in [6.45, 7) is 4.92. The Bertz CT molecular complexity index is 387. The van der Waals surface area contributed by atoms with E-state index in [-0.39, 0.29) is 5.56 Å². The fourth-order valence-corrected chi connectivity index (χ4v) is 1.38. The van der Waals surface area contributed by atoms with Gasteiger partial charge in [-0.3, -0.25) is 10.1 Å². The lowest BCUT2D eigenvalue weighted by atomic mass is 9.86. The molecule has 0 spiro atoms. The van der Waals surface area contributed by atoms with Crippen molar-refractivity contribution in [2.45, 2.75) is 26.2 Å². The molecule has 3 nitrogen and oxygen atoms in total. The summed E-state index contributed by atoms with van der Waals surface area (Å²) in [5, 5.41) is 10.3. The van der Waals surface area contributed by atoms with Gasteiger partial charge in [-0.15, -0.1) is 0 Å². The molecule has 1 aromatic rings. The second-order valence-corrected chi connectivity index (χ2v) is 4.29. The topological polar surface area (TPSA) is 43.1 Å². The molecule has 0 saturated carbocycles. The van der Waals surface area contributed by atoms with Crippen LogP contribution in [0.4, 0.5) is 14.5 Å². The normalized spacial score (nSPS) is 11.5. The molecule has 0 fully saturated rings. The molecule has 0 heterocycles. The Hall–Kier alpha value is -1.52. The maximum absolute atomic E-state index is 13.4. The number of non-ortho nitro benzene ring substituents is 1. The summed E-state index contributed by atoms with van der Waals surface area (Å²) in [4.78, 5) is 9.52. The van der Waals surface area contributed by atoms with Crippen molar-refractivity contribution < 1.29 is 13.7 Å². The van der Waals surface area contributed by atoms with E-state index in [0.717, 1.165) is 12.1 Å². The minimum absolute atomic E-state index is 0.131. The third-order valence-electron chi connectivity index (χ3n) is 1.99. The number of benzene rings is 1. The summed E-state index contributed by atoms with van der Waals surface area (Å²) in [5.41, 5.74) is -1.42. The molecule has 0 atom stereocenters. The summed E-state index contributed by atoms with van der Waals surface area (Å²) >= 11 is 0. The van der Waals surface area contributed by atoms with Gasteiger partial charge in [0.1, 0.15) is 11.6 Å². The fourth-order valence-electron chi connectivity index (χ4n) is 1.38. The van der Waals surface area contributed by atoms with Gasteiger partial charge in [0, 0.05) is 5.56 Å². The molecular weight excluding hydrogens is 204 g/mol. The Morgan fingerprint density at radius 3 is 1.87 bits per heavy atom. The Morgan fingerprint density at radius 2 is 1.60 bits per heavy atom. The minimum atomic E-state index is -0.880. The second-order valence-electron chi connectivity index (χ2n) is 4.29. The zero-order valence-electron chi connectivity index (χ0n) is 8.67. The van der Waals surface area contributed by atoms with Crippen LogP contribution in [0.1, 0.15) is 26.3 Å². The van der Waals surface area contributed by atoms with Crippen LogP contribution in [0.5, 0.6) is 0 Å². The number of nitro groups is 1. The molecular formula is C10H11F2NO2. The number of hydrogen-bond acceptors (Lipinski definition) is 2. The summed E-state index contributed by atoms with van der Waals surface area (Å²) in [6, 6.07) is 1.48. The molecule has 0 unspecified atom stereocenters. The van der Waals surface area contributed by atoms with Crippen molar-refractivity contribution in [2.75, 3.05) is 0 Å². The van der Waals surface area contributed by atoms with E-state index in [1.165, 1.54) is 0 Å². The van der Waals surface area contributed by atoms with E-state index in [4.69, 9.17) is 0 Å². The highest BCUT2D eigenvalue weighted by molar-refractivity contribution is 5.38. The highest BCUT2D eigenvalue weighted by Crippen LogP contribution is 2.30. The number of rotatable bonds is 1. The lowest BCUT2D eigenvalue weighted by Gasteiger charge is -2.20. The highest BCUT2D eigenvalue weighted by Gasteiger charge is 2.25. The van der Waals surface area contributed by atoms with Gasteiger partial charge in [-0.25, -0.2) is 8.78 Å². The molecule has 0 radical (unpaired) electrons. The minimum Gasteiger partial charge on any atom is -0.258 e. The maximum Gasteiger partial charge on any atom is 0.275 e. The zero-order chi connectivity index (χ0) is 11.8. The smallest absolute Gasteiger partial charge is 0.258 e. The summed E-state index contributed by atoms with van der Waals surface area (Å²) in [5.74, 6) is -1.76. The van der Waals surface area contributed by atoms with Crippen molar-refractivity contribution in [1.29, 1.82) is 0 Å². The monoisotopic (exact) mass is 215 g/mol. The van der Waals surface area contributed by atoms with Gasteiger partial charge in [0.2, 0.25) is 0 Å². The molecule has 15 heavy (non-hydrogen) atoms. The molecule has 1 rings (SSSR count). The van der Waals surface area contributed by atoms with Crippen LogP contribution in [0.25, 0.3) is 0 Å². The van der Waals surface area contributed by atoms with E-state index >= 15 is 0 Å². The first-order valence-electron chi connectivity index (χ1n) is 4.37. The Kier molecular flexibility index (Phi) is 2.75. The third-order valence-corrected chi connectivity index (χ3v) is 1.99. The van der Waals surface area contributed by atoms with Crippen LogP contribution in [0.3, 0.4) is 0 Å². The molecule has 82 valence electrons. The van der Waals surface area contributed by atoms with Crippen molar-refractivity contribution in [1.82, 2.24) is 0 Å². The largest absolute Gasteiger partial charge is 0.275 e. The molecule has 0 amide bonds. The maximum atomic E-state index is 13.4. The fraction of sp³-hybridized carbons (Fsp3) is 0.400. The summed E-state index contributed by atoms with van der Waals surface area (Å²) < 4.78 is 26.8. The van der Waals surface area contributed by atoms with Gasteiger partial charge in [0.25, 0.3) is 5.69 Å². The standard InChI is InChI=1S/C10H11F2NO2/c1-10(2,3)9-7(11)4-6(13(14)15)5-8(9)12/h4-5H,1-3H3. The van der Waals surface area contributed by atoms with Crippen molar-refractivity contribution in [3.63, 3.8) is 0 Å². The lowest BCUT2D eigenvalue weighted by Crippen LogP contribution is -2.16. The van der Waals surface area contributed by atoms with Crippen LogP contribution < -0.4 is 0 Å². The van der Waals surface area contributed by atoms with E-state index in [2.05, 4.69) is 0 Å². The first kappa shape index (κ1) is 11.6. The number of nitrogens with zero attached hydrogens (tertiary/aromatic N) is 1. The molecule has 0 saturated heterocycles. The van der Waals surface area contributed by atoms with Gasteiger partial charge in [-0.05, 0) is 5.41 Å². The molecule has 0 bridgehead atoms. The van der Waals surface area contributed by atoms with Crippen molar-refractivity contribution in [3.8, 4) is 0 Å². The van der Waals surface area contributed by atoms with Crippen molar-refractivity contribution in [3.05, 3.63) is 39.4 Å². The number of nitro benzene ring substituents is 1. The van der Waals surface area contributed by atoms with Gasteiger partial charge in [-0.1, -0.05) is 20.8 Å². The first-order chi connectivity index (χ1) is 6.73. The van der Waals surface area contributed by atoms with E-state index in [1.54, 1.807) is 20.8 Å². The Labute approximate surface area is 85.9 Å². The van der Waals surface area contributed by atoms with E-state index < -0.39 is 27.7 Å². The van der Waals surface area contributed by atoms with Crippen LogP contribution in [-0.4, -0.2) is 4.92 Å². The quantitative estimate of drug-likeness (QED) is 0.533. The molecule has 0 aliphatic heterocycles. The predicted octanol–water partition coefficient (Wildman–Crippen LogP) is 3.17. The van der Waals surface area contributed by atoms with Gasteiger partial charge in [0.15, 0.2) is 0 Å². The number of hydrogen-bond donors (Lipinski definition) is 0. The van der Waals surface area contributed by atoms with Crippen LogP contribution in [-0.2, 0) is 5.41 Å². The second kappa shape index (κ2) is 3.56. The number of halogens is 2. The molecule has 0 aliphatic rings.